The molecule has 0 unspecified atom stereocenters. The van der Waals surface area contributed by atoms with E-state index in [0.717, 1.165) is 29.8 Å². The van der Waals surface area contributed by atoms with E-state index in [2.05, 4.69) is 20.2 Å². The Hall–Kier alpha value is -2.91. The van der Waals surface area contributed by atoms with E-state index in [1.807, 2.05) is 32.0 Å². The number of hydrogen-bond acceptors (Lipinski definition) is 8. The van der Waals surface area contributed by atoms with Gasteiger partial charge in [0.2, 0.25) is 0 Å². The van der Waals surface area contributed by atoms with Crippen LogP contribution in [0.25, 0.3) is 0 Å². The lowest BCUT2D eigenvalue weighted by atomic mass is 9.92. The number of ether oxygens (including phenoxy) is 2. The number of carbonyl (C=O) groups is 1. The fourth-order valence-corrected chi connectivity index (χ4v) is 4.43. The average Bonchev–Trinajstić information content (AvgIpc) is 2.82. The number of rotatable bonds is 12. The molecular formula is C26H38N4O5. The van der Waals surface area contributed by atoms with Crippen molar-refractivity contribution in [3.63, 3.8) is 0 Å². The second-order valence-corrected chi connectivity index (χ2v) is 9.58. The second kappa shape index (κ2) is 12.2. The molecule has 0 amide bonds. The number of benzene rings is 1. The SMILES string of the molecule is CCOc1ncc(Nc2cc([C@@H](CC)CC(=O)O)ccc2N(CC(C)(C)O)C2CCOCC2)cn1. The summed E-state index contributed by atoms with van der Waals surface area (Å²) in [6.45, 7) is 9.77. The fourth-order valence-electron chi connectivity index (χ4n) is 4.43. The number of nitrogens with zero attached hydrogens (tertiary/aromatic N) is 3. The van der Waals surface area contributed by atoms with Crippen LogP contribution in [-0.4, -0.2) is 64.2 Å². The molecule has 0 bridgehead atoms. The van der Waals surface area contributed by atoms with Crippen LogP contribution in [0.4, 0.5) is 17.1 Å². The monoisotopic (exact) mass is 486 g/mol. The summed E-state index contributed by atoms with van der Waals surface area (Å²) in [6, 6.07) is 6.56. The first-order valence-electron chi connectivity index (χ1n) is 12.3. The van der Waals surface area contributed by atoms with Gasteiger partial charge < -0.3 is 29.9 Å². The van der Waals surface area contributed by atoms with E-state index in [4.69, 9.17) is 9.47 Å². The summed E-state index contributed by atoms with van der Waals surface area (Å²) in [7, 11) is 0. The second-order valence-electron chi connectivity index (χ2n) is 9.58. The minimum absolute atomic E-state index is 0.0643. The molecule has 0 aliphatic carbocycles. The maximum Gasteiger partial charge on any atom is 0.316 e. The number of anilines is 3. The number of nitrogens with one attached hydrogen (secondary N) is 1. The van der Waals surface area contributed by atoms with E-state index >= 15 is 0 Å². The van der Waals surface area contributed by atoms with Crippen LogP contribution in [0.2, 0.25) is 0 Å². The fraction of sp³-hybridized carbons (Fsp3) is 0.577. The van der Waals surface area contributed by atoms with E-state index in [1.54, 1.807) is 26.2 Å². The maximum absolute atomic E-state index is 11.4. The molecule has 1 aromatic heterocycles. The van der Waals surface area contributed by atoms with Crippen molar-refractivity contribution < 1.29 is 24.5 Å². The van der Waals surface area contributed by atoms with Crippen molar-refractivity contribution in [2.45, 2.75) is 70.9 Å². The van der Waals surface area contributed by atoms with Crippen LogP contribution in [0.3, 0.4) is 0 Å². The van der Waals surface area contributed by atoms with Gasteiger partial charge in [-0.1, -0.05) is 13.0 Å². The van der Waals surface area contributed by atoms with Gasteiger partial charge in [0, 0.05) is 25.8 Å². The molecule has 35 heavy (non-hydrogen) atoms. The molecule has 1 aliphatic heterocycles. The molecule has 192 valence electrons. The number of carboxylic acids is 1. The molecule has 9 heteroatoms. The summed E-state index contributed by atoms with van der Waals surface area (Å²) >= 11 is 0. The Morgan fingerprint density at radius 3 is 2.51 bits per heavy atom. The van der Waals surface area contributed by atoms with Crippen molar-refractivity contribution in [1.29, 1.82) is 0 Å². The molecule has 1 aromatic carbocycles. The van der Waals surface area contributed by atoms with Gasteiger partial charge in [-0.05, 0) is 63.6 Å². The number of carboxylic acid groups (broad SMARTS) is 1. The summed E-state index contributed by atoms with van der Waals surface area (Å²) in [5, 5.41) is 23.6. The van der Waals surface area contributed by atoms with Crippen molar-refractivity contribution >= 4 is 23.0 Å². The normalized spacial score (nSPS) is 15.5. The van der Waals surface area contributed by atoms with Crippen LogP contribution in [0.15, 0.2) is 30.6 Å². The zero-order chi connectivity index (χ0) is 25.4. The van der Waals surface area contributed by atoms with Crippen molar-refractivity contribution in [2.75, 3.05) is 36.6 Å². The number of hydrogen-bond donors (Lipinski definition) is 3. The smallest absolute Gasteiger partial charge is 0.316 e. The molecule has 2 aromatic rings. The highest BCUT2D eigenvalue weighted by atomic mass is 16.5. The molecule has 0 spiro atoms. The molecule has 1 fully saturated rings. The first kappa shape index (κ1) is 26.7. The van der Waals surface area contributed by atoms with Gasteiger partial charge in [0.05, 0.1) is 48.1 Å². The van der Waals surface area contributed by atoms with E-state index in [9.17, 15) is 15.0 Å². The molecule has 1 aliphatic rings. The molecular weight excluding hydrogens is 448 g/mol. The highest BCUT2D eigenvalue weighted by molar-refractivity contribution is 5.77. The van der Waals surface area contributed by atoms with Crippen molar-refractivity contribution in [3.05, 3.63) is 36.2 Å². The maximum atomic E-state index is 11.4. The Kier molecular flexibility index (Phi) is 9.28. The topological polar surface area (TPSA) is 117 Å². The Balaban J connectivity index is 2.03. The third kappa shape index (κ3) is 7.80. The van der Waals surface area contributed by atoms with Crippen molar-refractivity contribution in [2.24, 2.45) is 0 Å². The van der Waals surface area contributed by atoms with Crippen LogP contribution in [-0.2, 0) is 9.53 Å². The highest BCUT2D eigenvalue weighted by Crippen LogP contribution is 2.37. The van der Waals surface area contributed by atoms with Gasteiger partial charge in [-0.2, -0.15) is 0 Å². The minimum atomic E-state index is -0.911. The van der Waals surface area contributed by atoms with Gasteiger partial charge in [-0.3, -0.25) is 4.79 Å². The summed E-state index contributed by atoms with van der Waals surface area (Å²) in [6.07, 6.45) is 5.83. The third-order valence-corrected chi connectivity index (χ3v) is 6.08. The predicted octanol–water partition coefficient (Wildman–Crippen LogP) is 4.34. The van der Waals surface area contributed by atoms with E-state index in [1.165, 1.54) is 0 Å². The van der Waals surface area contributed by atoms with Crippen LogP contribution in [0.5, 0.6) is 6.01 Å². The van der Waals surface area contributed by atoms with Gasteiger partial charge in [-0.15, -0.1) is 0 Å². The lowest BCUT2D eigenvalue weighted by Crippen LogP contribution is -2.47. The molecule has 3 N–H and O–H groups in total. The van der Waals surface area contributed by atoms with Crippen LogP contribution in [0, 0.1) is 0 Å². The Labute approximate surface area is 207 Å². The molecule has 0 saturated carbocycles. The highest BCUT2D eigenvalue weighted by Gasteiger charge is 2.29. The molecule has 0 radical (unpaired) electrons. The Morgan fingerprint density at radius 1 is 1.26 bits per heavy atom. The Morgan fingerprint density at radius 2 is 1.94 bits per heavy atom. The zero-order valence-corrected chi connectivity index (χ0v) is 21.2. The first-order chi connectivity index (χ1) is 16.7. The van der Waals surface area contributed by atoms with Gasteiger partial charge in [0.25, 0.3) is 0 Å². The summed E-state index contributed by atoms with van der Waals surface area (Å²) in [5.74, 6) is -0.925. The Bertz CT molecular complexity index is 955. The largest absolute Gasteiger partial charge is 0.481 e. The number of aliphatic hydroxyl groups is 1. The average molecular weight is 487 g/mol. The first-order valence-corrected chi connectivity index (χ1v) is 12.3. The predicted molar refractivity (Wildman–Crippen MR) is 136 cm³/mol. The van der Waals surface area contributed by atoms with Gasteiger partial charge in [-0.25, -0.2) is 9.97 Å². The van der Waals surface area contributed by atoms with Gasteiger partial charge in [0.15, 0.2) is 0 Å². The lowest BCUT2D eigenvalue weighted by molar-refractivity contribution is -0.137. The van der Waals surface area contributed by atoms with Crippen LogP contribution in [0.1, 0.15) is 64.9 Å². The van der Waals surface area contributed by atoms with Gasteiger partial charge >= 0.3 is 12.0 Å². The standard InChI is InChI=1S/C26H38N4O5/c1-5-18(14-24(31)32)19-7-8-23(30(17-26(3,4)33)21-9-11-34-12-10-21)22(13-19)29-20-15-27-25(28-16-20)35-6-2/h7-8,13,15-16,18,21,29,33H,5-6,9-12,14,17H2,1-4H3,(H,31,32)/t18-/m0/s1. The van der Waals surface area contributed by atoms with Crippen molar-refractivity contribution in [1.82, 2.24) is 9.97 Å². The molecule has 1 atom stereocenters. The quantitative estimate of drug-likeness (QED) is 0.403. The molecule has 9 nitrogen and oxygen atoms in total. The summed E-state index contributed by atoms with van der Waals surface area (Å²) < 4.78 is 10.9. The van der Waals surface area contributed by atoms with Crippen LogP contribution < -0.4 is 15.0 Å². The summed E-state index contributed by atoms with van der Waals surface area (Å²) in [5.41, 5.74) is 2.47. The van der Waals surface area contributed by atoms with E-state index < -0.39 is 11.6 Å². The molecule has 2 heterocycles. The summed E-state index contributed by atoms with van der Waals surface area (Å²) in [4.78, 5) is 22.2. The van der Waals surface area contributed by atoms with Crippen molar-refractivity contribution in [3.8, 4) is 6.01 Å². The number of aromatic nitrogens is 2. The lowest BCUT2D eigenvalue weighted by Gasteiger charge is -2.40. The minimum Gasteiger partial charge on any atom is -0.481 e. The molecule has 1 saturated heterocycles. The molecule has 3 rings (SSSR count). The number of aliphatic carboxylic acids is 1. The van der Waals surface area contributed by atoms with E-state index in [-0.39, 0.29) is 18.4 Å². The van der Waals surface area contributed by atoms with Gasteiger partial charge in [0.1, 0.15) is 0 Å². The zero-order valence-electron chi connectivity index (χ0n) is 21.2. The van der Waals surface area contributed by atoms with E-state index in [0.29, 0.717) is 44.5 Å². The van der Waals surface area contributed by atoms with Crippen LogP contribution >= 0.6 is 0 Å². The third-order valence-electron chi connectivity index (χ3n) is 6.08.